The summed E-state index contributed by atoms with van der Waals surface area (Å²) in [5, 5.41) is 2.72. The van der Waals surface area contributed by atoms with Crippen molar-refractivity contribution in [3.8, 4) is 5.75 Å². The topological polar surface area (TPSA) is 64.1 Å². The normalized spacial score (nSPS) is 10.6. The molecule has 0 bridgehead atoms. The summed E-state index contributed by atoms with van der Waals surface area (Å²) in [6.45, 7) is -0.196. The third kappa shape index (κ3) is 3.23. The van der Waals surface area contributed by atoms with Crippen molar-refractivity contribution in [2.75, 3.05) is 11.9 Å². The molecule has 1 amide bonds. The van der Waals surface area contributed by atoms with Crippen LogP contribution in [0.5, 0.6) is 5.75 Å². The van der Waals surface area contributed by atoms with E-state index >= 15 is 0 Å². The first-order valence-corrected chi connectivity index (χ1v) is 7.75. The van der Waals surface area contributed by atoms with Gasteiger partial charge >= 0.3 is 0 Å². The SMILES string of the molecule is O=C(COc1ccc(F)cc1Br)Nc1cccc2nsnc12. The Balaban J connectivity index is 1.66. The van der Waals surface area contributed by atoms with E-state index in [1.807, 2.05) is 6.07 Å². The largest absolute Gasteiger partial charge is 0.483 e. The molecule has 3 rings (SSSR count). The van der Waals surface area contributed by atoms with Crippen LogP contribution in [0.4, 0.5) is 10.1 Å². The molecule has 5 nitrogen and oxygen atoms in total. The van der Waals surface area contributed by atoms with Crippen LogP contribution in [0.1, 0.15) is 0 Å². The lowest BCUT2D eigenvalue weighted by molar-refractivity contribution is -0.118. The van der Waals surface area contributed by atoms with Gasteiger partial charge in [-0.1, -0.05) is 6.07 Å². The van der Waals surface area contributed by atoms with Gasteiger partial charge in [0.1, 0.15) is 22.6 Å². The van der Waals surface area contributed by atoms with Gasteiger partial charge in [0.25, 0.3) is 5.91 Å². The number of halogens is 2. The van der Waals surface area contributed by atoms with E-state index in [-0.39, 0.29) is 18.3 Å². The van der Waals surface area contributed by atoms with Gasteiger partial charge in [0.15, 0.2) is 6.61 Å². The lowest BCUT2D eigenvalue weighted by Gasteiger charge is -2.09. The second kappa shape index (κ2) is 6.37. The van der Waals surface area contributed by atoms with Gasteiger partial charge in [0.05, 0.1) is 21.9 Å². The molecule has 0 aliphatic carbocycles. The molecule has 0 saturated carbocycles. The van der Waals surface area contributed by atoms with E-state index in [4.69, 9.17) is 4.74 Å². The van der Waals surface area contributed by atoms with Crippen LogP contribution in [0.25, 0.3) is 11.0 Å². The van der Waals surface area contributed by atoms with Gasteiger partial charge in [0.2, 0.25) is 0 Å². The monoisotopic (exact) mass is 381 g/mol. The minimum absolute atomic E-state index is 0.196. The molecule has 0 spiro atoms. The molecule has 0 atom stereocenters. The number of fused-ring (bicyclic) bond motifs is 1. The standard InChI is InChI=1S/C14H9BrFN3O2S/c15-9-6-8(16)4-5-12(9)21-7-13(20)17-10-2-1-3-11-14(10)19-22-18-11/h1-6H,7H2,(H,17,20). The Labute approximate surface area is 137 Å². The van der Waals surface area contributed by atoms with E-state index in [9.17, 15) is 9.18 Å². The molecule has 8 heteroatoms. The molecule has 0 radical (unpaired) electrons. The van der Waals surface area contributed by atoms with Gasteiger partial charge in [-0.15, -0.1) is 0 Å². The number of benzene rings is 2. The maximum absolute atomic E-state index is 13.0. The van der Waals surface area contributed by atoms with Crippen LogP contribution in [-0.4, -0.2) is 21.3 Å². The summed E-state index contributed by atoms with van der Waals surface area (Å²) in [6, 6.07) is 9.35. The zero-order chi connectivity index (χ0) is 15.5. The maximum atomic E-state index is 13.0. The number of rotatable bonds is 4. The van der Waals surface area contributed by atoms with E-state index in [0.29, 0.717) is 21.4 Å². The van der Waals surface area contributed by atoms with E-state index in [1.54, 1.807) is 12.1 Å². The summed E-state index contributed by atoms with van der Waals surface area (Å²) in [4.78, 5) is 12.0. The molecule has 0 aliphatic rings. The van der Waals surface area contributed by atoms with Crippen molar-refractivity contribution < 1.29 is 13.9 Å². The zero-order valence-corrected chi connectivity index (χ0v) is 13.4. The molecular formula is C14H9BrFN3O2S. The molecule has 0 fully saturated rings. The van der Waals surface area contributed by atoms with Crippen LogP contribution >= 0.6 is 27.7 Å². The van der Waals surface area contributed by atoms with Crippen molar-refractivity contribution in [2.45, 2.75) is 0 Å². The number of nitrogens with one attached hydrogen (secondary N) is 1. The highest BCUT2D eigenvalue weighted by atomic mass is 79.9. The van der Waals surface area contributed by atoms with Crippen LogP contribution < -0.4 is 10.1 Å². The fourth-order valence-electron chi connectivity index (χ4n) is 1.83. The third-order valence-corrected chi connectivity index (χ3v) is 3.98. The zero-order valence-electron chi connectivity index (χ0n) is 11.0. The van der Waals surface area contributed by atoms with E-state index < -0.39 is 0 Å². The second-order valence-electron chi connectivity index (χ2n) is 4.35. The summed E-state index contributed by atoms with van der Waals surface area (Å²) in [6.07, 6.45) is 0. The fraction of sp³-hybridized carbons (Fsp3) is 0.0714. The van der Waals surface area contributed by atoms with Crippen molar-refractivity contribution in [2.24, 2.45) is 0 Å². The number of hydrogen-bond donors (Lipinski definition) is 1. The first kappa shape index (κ1) is 14.9. The summed E-state index contributed by atoms with van der Waals surface area (Å²) in [5.74, 6) is -0.326. The van der Waals surface area contributed by atoms with Crippen LogP contribution in [0, 0.1) is 5.82 Å². The highest BCUT2D eigenvalue weighted by molar-refractivity contribution is 9.10. The van der Waals surface area contributed by atoms with E-state index in [1.165, 1.54) is 18.2 Å². The van der Waals surface area contributed by atoms with Crippen LogP contribution in [0.3, 0.4) is 0 Å². The van der Waals surface area contributed by atoms with Gasteiger partial charge < -0.3 is 10.1 Å². The number of ether oxygens (including phenoxy) is 1. The van der Waals surface area contributed by atoms with Crippen molar-refractivity contribution >= 4 is 50.3 Å². The number of hydrogen-bond acceptors (Lipinski definition) is 5. The first-order chi connectivity index (χ1) is 10.6. The van der Waals surface area contributed by atoms with Gasteiger partial charge in [-0.3, -0.25) is 4.79 Å². The van der Waals surface area contributed by atoms with E-state index in [0.717, 1.165) is 17.2 Å². The van der Waals surface area contributed by atoms with E-state index in [2.05, 4.69) is 30.0 Å². The minimum Gasteiger partial charge on any atom is -0.483 e. The van der Waals surface area contributed by atoms with Gasteiger partial charge in [-0.05, 0) is 46.3 Å². The molecule has 0 aliphatic heterocycles. The maximum Gasteiger partial charge on any atom is 0.262 e. The molecule has 1 aromatic heterocycles. The average molecular weight is 382 g/mol. The minimum atomic E-state index is -0.383. The Morgan fingerprint density at radius 2 is 2.18 bits per heavy atom. The molecule has 1 heterocycles. The Morgan fingerprint density at radius 1 is 1.32 bits per heavy atom. The van der Waals surface area contributed by atoms with Crippen molar-refractivity contribution in [1.82, 2.24) is 8.75 Å². The highest BCUT2D eigenvalue weighted by Crippen LogP contribution is 2.25. The van der Waals surface area contributed by atoms with Crippen LogP contribution in [0.2, 0.25) is 0 Å². The lowest BCUT2D eigenvalue weighted by Crippen LogP contribution is -2.20. The van der Waals surface area contributed by atoms with Crippen LogP contribution in [-0.2, 0) is 4.79 Å². The number of amides is 1. The number of anilines is 1. The predicted molar refractivity (Wildman–Crippen MR) is 85.6 cm³/mol. The number of carbonyl (C=O) groups excluding carboxylic acids is 1. The van der Waals surface area contributed by atoms with Crippen LogP contribution in [0.15, 0.2) is 40.9 Å². The fourth-order valence-corrected chi connectivity index (χ4v) is 2.84. The predicted octanol–water partition coefficient (Wildman–Crippen LogP) is 3.61. The smallest absolute Gasteiger partial charge is 0.262 e. The molecule has 2 aromatic carbocycles. The lowest BCUT2D eigenvalue weighted by atomic mass is 10.2. The van der Waals surface area contributed by atoms with Crippen molar-refractivity contribution in [3.63, 3.8) is 0 Å². The Hall–Kier alpha value is -2.06. The summed E-state index contributed by atoms with van der Waals surface area (Å²) >= 11 is 4.26. The first-order valence-electron chi connectivity index (χ1n) is 6.22. The average Bonchev–Trinajstić information content (AvgIpc) is 2.96. The third-order valence-electron chi connectivity index (χ3n) is 2.81. The number of carbonyl (C=O) groups is 1. The molecule has 112 valence electrons. The summed E-state index contributed by atoms with van der Waals surface area (Å²) in [7, 11) is 0. The molecule has 0 saturated heterocycles. The molecule has 0 unspecified atom stereocenters. The Morgan fingerprint density at radius 3 is 3.00 bits per heavy atom. The number of aromatic nitrogens is 2. The highest BCUT2D eigenvalue weighted by Gasteiger charge is 2.10. The quantitative estimate of drug-likeness (QED) is 0.749. The van der Waals surface area contributed by atoms with Crippen molar-refractivity contribution in [3.05, 3.63) is 46.7 Å². The van der Waals surface area contributed by atoms with Crippen molar-refractivity contribution in [1.29, 1.82) is 0 Å². The Bertz CT molecular complexity index is 840. The summed E-state index contributed by atoms with van der Waals surface area (Å²) < 4.78 is 27.0. The molecule has 22 heavy (non-hydrogen) atoms. The molecular weight excluding hydrogens is 373 g/mol. The Kier molecular flexibility index (Phi) is 4.30. The molecule has 1 N–H and O–H groups in total. The number of nitrogens with zero attached hydrogens (tertiary/aromatic N) is 2. The molecule has 3 aromatic rings. The van der Waals surface area contributed by atoms with Gasteiger partial charge in [-0.2, -0.15) is 8.75 Å². The second-order valence-corrected chi connectivity index (χ2v) is 5.73. The van der Waals surface area contributed by atoms with Gasteiger partial charge in [0, 0.05) is 0 Å². The van der Waals surface area contributed by atoms with Gasteiger partial charge in [-0.25, -0.2) is 4.39 Å². The summed E-state index contributed by atoms with van der Waals surface area (Å²) in [5.41, 5.74) is 1.95.